The van der Waals surface area contributed by atoms with E-state index in [1.165, 1.54) is 0 Å². The summed E-state index contributed by atoms with van der Waals surface area (Å²) in [7, 11) is -0.104. The molecule has 0 aromatic carbocycles. The van der Waals surface area contributed by atoms with Crippen LogP contribution in [0.4, 0.5) is 0 Å². The first-order valence-electron chi connectivity index (χ1n) is 2.79. The highest BCUT2D eigenvalue weighted by Crippen LogP contribution is 2.66. The van der Waals surface area contributed by atoms with E-state index < -0.39 is 0 Å². The van der Waals surface area contributed by atoms with E-state index in [4.69, 9.17) is 0 Å². The highest BCUT2D eigenvalue weighted by atomic mass is 32.4. The Morgan fingerprint density at radius 2 is 1.00 bits per heavy atom. The van der Waals surface area contributed by atoms with Gasteiger partial charge < -0.3 is 0 Å². The quantitative estimate of drug-likeness (QED) is 0.442. The summed E-state index contributed by atoms with van der Waals surface area (Å²) in [6.45, 7) is 0. The van der Waals surface area contributed by atoms with Gasteiger partial charge in [0.25, 0.3) is 0 Å². The van der Waals surface area contributed by atoms with Gasteiger partial charge in [0.15, 0.2) is 0 Å². The normalized spacial score (nSPS) is 37.5. The number of rotatable bonds is 0. The van der Waals surface area contributed by atoms with Gasteiger partial charge in [0.05, 0.1) is 0 Å². The van der Waals surface area contributed by atoms with Crippen LogP contribution in [0.15, 0.2) is 0 Å². The van der Waals surface area contributed by atoms with E-state index >= 15 is 0 Å². The molecule has 0 radical (unpaired) electrons. The van der Waals surface area contributed by atoms with Crippen LogP contribution in [0.2, 0.25) is 0 Å². The van der Waals surface area contributed by atoms with Crippen LogP contribution >= 0.6 is 19.5 Å². The molecule has 1 saturated heterocycles. The summed E-state index contributed by atoms with van der Waals surface area (Å²) in [5.74, 6) is 3.14. The minimum Gasteiger partial charge on any atom is -0.295 e. The second-order valence-corrected chi connectivity index (χ2v) is 12.7. The van der Waals surface area contributed by atoms with Gasteiger partial charge in [0.2, 0.25) is 11.7 Å². The molecular weight excluding hydrogens is 134 g/mol. The Balaban J connectivity index is 2.42. The molecule has 1 heterocycles. The van der Waals surface area contributed by atoms with E-state index in [9.17, 15) is 0 Å². The minimum atomic E-state index is -0.0521. The fraction of sp³-hybridized carbons (Fsp3) is 1.00. The van der Waals surface area contributed by atoms with Gasteiger partial charge >= 0.3 is 0 Å². The Kier molecular flexibility index (Phi) is 1.44. The predicted octanol–water partition coefficient (Wildman–Crippen LogP) is 0.661. The van der Waals surface area contributed by atoms with Gasteiger partial charge in [0, 0.05) is 0 Å². The molecule has 1 aliphatic rings. The maximum atomic E-state index is 2.45. The molecule has 0 N–H and O–H groups in total. The lowest BCUT2D eigenvalue weighted by atomic mass is 10.6. The average Bonchev–Trinajstić information content (AvgIpc) is 1.20. The molecule has 1 aliphatic heterocycles. The van der Waals surface area contributed by atoms with E-state index in [2.05, 4.69) is 25.0 Å². The van der Waals surface area contributed by atoms with E-state index in [-0.39, 0.29) is 19.5 Å². The Hall–Kier alpha value is 0.830. The SMILES string of the molecule is CS1(C)BS(C)(C)B1. The fourth-order valence-electron chi connectivity index (χ4n) is 1.69. The molecule has 48 valence electrons. The average molecular weight is 148 g/mol. The van der Waals surface area contributed by atoms with Crippen LogP contribution in [0, 0.1) is 0 Å². The van der Waals surface area contributed by atoms with Crippen molar-refractivity contribution in [1.82, 2.24) is 0 Å². The van der Waals surface area contributed by atoms with Crippen molar-refractivity contribution < 1.29 is 0 Å². The van der Waals surface area contributed by atoms with Crippen molar-refractivity contribution in [2.45, 2.75) is 0 Å². The predicted molar refractivity (Wildman–Crippen MR) is 53.2 cm³/mol. The van der Waals surface area contributed by atoms with Crippen molar-refractivity contribution in [3.05, 3.63) is 0 Å². The summed E-state index contributed by atoms with van der Waals surface area (Å²) in [6, 6.07) is 0. The van der Waals surface area contributed by atoms with Gasteiger partial charge in [-0.25, -0.2) is 0 Å². The molecule has 0 nitrogen and oxygen atoms in total. The molecule has 0 bridgehead atoms. The van der Waals surface area contributed by atoms with Crippen LogP contribution < -0.4 is 0 Å². The van der Waals surface area contributed by atoms with Gasteiger partial charge in [-0.05, 0) is 25.0 Å². The maximum Gasteiger partial charge on any atom is 0.205 e. The van der Waals surface area contributed by atoms with E-state index in [0.717, 1.165) is 0 Å². The highest BCUT2D eigenvalue weighted by molar-refractivity contribution is 9.10. The summed E-state index contributed by atoms with van der Waals surface area (Å²) in [5.41, 5.74) is 0. The summed E-state index contributed by atoms with van der Waals surface area (Å²) in [4.78, 5) is 0. The second-order valence-electron chi connectivity index (χ2n) is 3.77. The molecule has 8 heavy (non-hydrogen) atoms. The van der Waals surface area contributed by atoms with Crippen molar-refractivity contribution in [3.8, 4) is 0 Å². The van der Waals surface area contributed by atoms with E-state index in [1.54, 1.807) is 11.7 Å². The van der Waals surface area contributed by atoms with Crippen LogP contribution in [0.1, 0.15) is 0 Å². The molecular formula is C4H14B2S2. The van der Waals surface area contributed by atoms with Crippen LogP contribution in [0.25, 0.3) is 0 Å². The van der Waals surface area contributed by atoms with Crippen molar-refractivity contribution in [2.24, 2.45) is 0 Å². The third kappa shape index (κ3) is 1.41. The first kappa shape index (κ1) is 6.94. The molecule has 0 unspecified atom stereocenters. The van der Waals surface area contributed by atoms with Gasteiger partial charge in [-0.2, -0.15) is 0 Å². The van der Waals surface area contributed by atoms with Crippen molar-refractivity contribution in [2.75, 3.05) is 25.0 Å². The number of hydrogen-bond donors (Lipinski definition) is 0. The molecule has 1 rings (SSSR count). The Bertz CT molecular complexity index is 88.6. The third-order valence-electron chi connectivity index (χ3n) is 1.28. The lowest BCUT2D eigenvalue weighted by Gasteiger charge is -2.55. The maximum absolute atomic E-state index is 2.45. The van der Waals surface area contributed by atoms with Crippen LogP contribution in [-0.2, 0) is 0 Å². The molecule has 0 amide bonds. The standard InChI is InChI=1S/C4H14B2S2/c1-7(2)5-8(3,4)6-7/h5-6H,1-4H3. The molecule has 0 atom stereocenters. The molecule has 0 aromatic heterocycles. The van der Waals surface area contributed by atoms with Gasteiger partial charge in [-0.3, -0.25) is 19.5 Å². The minimum absolute atomic E-state index is 0.0521. The van der Waals surface area contributed by atoms with Crippen LogP contribution in [0.3, 0.4) is 0 Å². The molecule has 0 spiro atoms. The van der Waals surface area contributed by atoms with Gasteiger partial charge in [-0.15, -0.1) is 0 Å². The van der Waals surface area contributed by atoms with Crippen LogP contribution in [0.5, 0.6) is 0 Å². The zero-order valence-corrected chi connectivity index (χ0v) is 7.86. The van der Waals surface area contributed by atoms with E-state index in [1.807, 2.05) is 0 Å². The van der Waals surface area contributed by atoms with Crippen LogP contribution in [-0.4, -0.2) is 36.7 Å². The summed E-state index contributed by atoms with van der Waals surface area (Å²) in [5, 5.41) is 0. The fourth-order valence-corrected chi connectivity index (χ4v) is 15.2. The van der Waals surface area contributed by atoms with Gasteiger partial charge in [0.1, 0.15) is 0 Å². The first-order valence-corrected chi connectivity index (χ1v) is 8.36. The number of hydrogen-bond acceptors (Lipinski definition) is 0. The first-order chi connectivity index (χ1) is 3.41. The summed E-state index contributed by atoms with van der Waals surface area (Å²) >= 11 is 0. The van der Waals surface area contributed by atoms with Crippen molar-refractivity contribution in [3.63, 3.8) is 0 Å². The molecule has 4 heteroatoms. The molecule has 0 saturated carbocycles. The zero-order valence-electron chi connectivity index (χ0n) is 6.23. The lowest BCUT2D eigenvalue weighted by Crippen LogP contribution is -2.33. The Morgan fingerprint density at radius 1 is 0.750 bits per heavy atom. The monoisotopic (exact) mass is 148 g/mol. The third-order valence-corrected chi connectivity index (χ3v) is 11.5. The highest BCUT2D eigenvalue weighted by Gasteiger charge is 2.38. The summed E-state index contributed by atoms with van der Waals surface area (Å²) < 4.78 is 0. The second kappa shape index (κ2) is 1.66. The van der Waals surface area contributed by atoms with Crippen molar-refractivity contribution >= 4 is 31.1 Å². The van der Waals surface area contributed by atoms with Gasteiger partial charge in [-0.1, -0.05) is 0 Å². The molecule has 0 aliphatic carbocycles. The van der Waals surface area contributed by atoms with Crippen molar-refractivity contribution in [1.29, 1.82) is 0 Å². The Labute approximate surface area is 56.5 Å². The topological polar surface area (TPSA) is 0 Å². The molecule has 1 fully saturated rings. The van der Waals surface area contributed by atoms with E-state index in [0.29, 0.717) is 0 Å². The zero-order chi connectivity index (χ0) is 6.41. The smallest absolute Gasteiger partial charge is 0.205 e. The summed E-state index contributed by atoms with van der Waals surface area (Å²) in [6.07, 6.45) is 9.80. The lowest BCUT2D eigenvalue weighted by molar-refractivity contribution is 2.28. The Morgan fingerprint density at radius 3 is 1.00 bits per heavy atom. The molecule has 0 aromatic rings. The largest absolute Gasteiger partial charge is 0.295 e.